The maximum Gasteiger partial charge on any atom is 0.361 e. The lowest BCUT2D eigenvalue weighted by molar-refractivity contribution is -0.139. The van der Waals surface area contributed by atoms with Gasteiger partial charge in [0, 0.05) is 6.42 Å². The van der Waals surface area contributed by atoms with Gasteiger partial charge in [0.05, 0.1) is 19.0 Å². The number of halogens is 2. The van der Waals surface area contributed by atoms with Crippen molar-refractivity contribution in [2.75, 3.05) is 6.54 Å². The number of hydrogen-bond acceptors (Lipinski definition) is 4. The minimum atomic E-state index is -1.36. The standard InChI is InChI=1S/C25H25F2N5O3/c26-17-11-20(32(13-17)22(33)12-21-28-25(35)31-30-21)24(34)29-23(15-4-2-1-3-5-15)16-8-9-18(14-6-7-14)19(27)10-16/h1-5,8-10,14,17,20-21,23H,6-7,11-13H2,(H,28,35)(H,29,34)/t17-,20+,21?,23+/m1/s1. The number of likely N-dealkylation sites (tertiary alicyclic amines) is 1. The van der Waals surface area contributed by atoms with Crippen molar-refractivity contribution in [1.82, 2.24) is 15.5 Å². The van der Waals surface area contributed by atoms with Crippen LogP contribution >= 0.6 is 0 Å². The Morgan fingerprint density at radius 2 is 1.91 bits per heavy atom. The third kappa shape index (κ3) is 5.06. The van der Waals surface area contributed by atoms with E-state index in [2.05, 4.69) is 20.9 Å². The zero-order valence-electron chi connectivity index (χ0n) is 18.9. The molecule has 1 saturated heterocycles. The summed E-state index contributed by atoms with van der Waals surface area (Å²) in [4.78, 5) is 38.6. The Bertz CT molecular complexity index is 1170. The molecule has 1 aliphatic carbocycles. The largest absolute Gasteiger partial charge is 0.361 e. The molecular formula is C25H25F2N5O3. The number of azo groups is 1. The average molecular weight is 482 g/mol. The summed E-state index contributed by atoms with van der Waals surface area (Å²) in [5.41, 5.74) is 1.98. The summed E-state index contributed by atoms with van der Waals surface area (Å²) < 4.78 is 29.2. The second kappa shape index (κ2) is 9.52. The highest BCUT2D eigenvalue weighted by Gasteiger charge is 2.41. The van der Waals surface area contributed by atoms with Crippen molar-refractivity contribution in [2.45, 2.75) is 56.0 Å². The lowest BCUT2D eigenvalue weighted by Crippen LogP contribution is -2.48. The maximum atomic E-state index is 14.8. The maximum absolute atomic E-state index is 14.8. The van der Waals surface area contributed by atoms with Crippen LogP contribution in [0.15, 0.2) is 58.8 Å². The predicted octanol–water partition coefficient (Wildman–Crippen LogP) is 3.74. The molecule has 5 rings (SSSR count). The Morgan fingerprint density at radius 1 is 1.14 bits per heavy atom. The summed E-state index contributed by atoms with van der Waals surface area (Å²) in [5.74, 6) is -1.10. The molecule has 4 atom stereocenters. The van der Waals surface area contributed by atoms with Gasteiger partial charge in [-0.15, -0.1) is 0 Å². The highest BCUT2D eigenvalue weighted by Crippen LogP contribution is 2.42. The van der Waals surface area contributed by atoms with Gasteiger partial charge in [0.1, 0.15) is 18.0 Å². The van der Waals surface area contributed by atoms with Crippen LogP contribution in [0.4, 0.5) is 13.6 Å². The van der Waals surface area contributed by atoms with Gasteiger partial charge in [0.15, 0.2) is 6.17 Å². The smallest absolute Gasteiger partial charge is 0.343 e. The van der Waals surface area contributed by atoms with Gasteiger partial charge >= 0.3 is 6.03 Å². The molecule has 0 radical (unpaired) electrons. The van der Waals surface area contributed by atoms with Gasteiger partial charge in [-0.25, -0.2) is 13.6 Å². The van der Waals surface area contributed by atoms with Crippen LogP contribution in [0.5, 0.6) is 0 Å². The monoisotopic (exact) mass is 481 g/mol. The van der Waals surface area contributed by atoms with Crippen LogP contribution in [0, 0.1) is 5.82 Å². The highest BCUT2D eigenvalue weighted by molar-refractivity contribution is 5.89. The van der Waals surface area contributed by atoms with Crippen molar-refractivity contribution < 1.29 is 23.2 Å². The van der Waals surface area contributed by atoms with Crippen LogP contribution in [0.2, 0.25) is 0 Å². The molecule has 10 heteroatoms. The van der Waals surface area contributed by atoms with Crippen molar-refractivity contribution in [2.24, 2.45) is 10.2 Å². The molecule has 1 saturated carbocycles. The number of carbonyl (C=O) groups is 3. The van der Waals surface area contributed by atoms with E-state index in [9.17, 15) is 23.2 Å². The fourth-order valence-electron chi connectivity index (χ4n) is 4.70. The summed E-state index contributed by atoms with van der Waals surface area (Å²) in [6.45, 7) is -0.227. The number of benzene rings is 2. The Hall–Kier alpha value is -3.69. The van der Waals surface area contributed by atoms with Gasteiger partial charge in [-0.1, -0.05) is 47.6 Å². The van der Waals surface area contributed by atoms with E-state index in [1.165, 1.54) is 11.0 Å². The van der Waals surface area contributed by atoms with Crippen molar-refractivity contribution in [3.05, 3.63) is 71.0 Å². The second-order valence-corrected chi connectivity index (χ2v) is 9.19. The highest BCUT2D eigenvalue weighted by atomic mass is 19.1. The van der Waals surface area contributed by atoms with Crippen LogP contribution < -0.4 is 10.6 Å². The Morgan fingerprint density at radius 3 is 2.57 bits per heavy atom. The molecule has 35 heavy (non-hydrogen) atoms. The van der Waals surface area contributed by atoms with E-state index in [-0.39, 0.29) is 31.1 Å². The molecule has 0 bridgehead atoms. The zero-order chi connectivity index (χ0) is 24.5. The first-order valence-corrected chi connectivity index (χ1v) is 11.7. The molecule has 8 nitrogen and oxygen atoms in total. The molecule has 1 unspecified atom stereocenters. The quantitative estimate of drug-likeness (QED) is 0.630. The summed E-state index contributed by atoms with van der Waals surface area (Å²) >= 11 is 0. The molecule has 2 fully saturated rings. The van der Waals surface area contributed by atoms with E-state index in [1.807, 2.05) is 30.3 Å². The van der Waals surface area contributed by atoms with Crippen molar-refractivity contribution in [1.29, 1.82) is 0 Å². The van der Waals surface area contributed by atoms with Crippen LogP contribution in [0.3, 0.4) is 0 Å². The molecule has 0 spiro atoms. The van der Waals surface area contributed by atoms with E-state index >= 15 is 0 Å². The van der Waals surface area contributed by atoms with E-state index < -0.39 is 42.3 Å². The molecule has 2 aromatic rings. The number of urea groups is 1. The SMILES string of the molecule is O=C1N=NC(CC(=O)N2C[C@H](F)C[C@H]2C(=O)N[C@@H](c2ccccc2)c2ccc(C3CC3)c(F)c2)N1. The molecule has 2 N–H and O–H groups in total. The van der Waals surface area contributed by atoms with E-state index in [0.29, 0.717) is 11.1 Å². The Labute approximate surface area is 200 Å². The van der Waals surface area contributed by atoms with Gasteiger partial charge < -0.3 is 15.5 Å². The second-order valence-electron chi connectivity index (χ2n) is 9.19. The summed E-state index contributed by atoms with van der Waals surface area (Å²) in [6.07, 6.45) is -0.621. The van der Waals surface area contributed by atoms with Gasteiger partial charge in [-0.3, -0.25) is 9.59 Å². The fraction of sp³-hybridized carbons (Fsp3) is 0.400. The van der Waals surface area contributed by atoms with Gasteiger partial charge in [0.25, 0.3) is 0 Å². The predicted molar refractivity (Wildman–Crippen MR) is 122 cm³/mol. The molecule has 3 aliphatic rings. The van der Waals surface area contributed by atoms with Crippen LogP contribution in [-0.2, 0) is 9.59 Å². The van der Waals surface area contributed by atoms with Crippen molar-refractivity contribution >= 4 is 17.8 Å². The molecule has 2 aromatic carbocycles. The topological polar surface area (TPSA) is 103 Å². The summed E-state index contributed by atoms with van der Waals surface area (Å²) in [7, 11) is 0. The third-order valence-electron chi connectivity index (χ3n) is 6.61. The number of hydrogen-bond donors (Lipinski definition) is 2. The van der Waals surface area contributed by atoms with E-state index in [1.54, 1.807) is 12.1 Å². The van der Waals surface area contributed by atoms with Crippen molar-refractivity contribution in [3.63, 3.8) is 0 Å². The summed E-state index contributed by atoms with van der Waals surface area (Å²) in [6, 6.07) is 11.8. The first-order valence-electron chi connectivity index (χ1n) is 11.7. The molecule has 182 valence electrons. The normalized spacial score (nSPS) is 24.3. The van der Waals surface area contributed by atoms with Crippen LogP contribution in [0.25, 0.3) is 0 Å². The lowest BCUT2D eigenvalue weighted by Gasteiger charge is -2.27. The third-order valence-corrected chi connectivity index (χ3v) is 6.61. The number of rotatable bonds is 7. The van der Waals surface area contributed by atoms with E-state index in [4.69, 9.17) is 0 Å². The van der Waals surface area contributed by atoms with Crippen LogP contribution in [-0.4, -0.2) is 47.7 Å². The molecule has 2 heterocycles. The number of nitrogens with zero attached hydrogens (tertiary/aromatic N) is 3. The van der Waals surface area contributed by atoms with Gasteiger partial charge in [0.2, 0.25) is 11.8 Å². The van der Waals surface area contributed by atoms with Crippen molar-refractivity contribution in [3.8, 4) is 0 Å². The molecule has 2 aliphatic heterocycles. The minimum Gasteiger partial charge on any atom is -0.343 e. The fourth-order valence-corrected chi connectivity index (χ4v) is 4.70. The molecule has 0 aromatic heterocycles. The first-order chi connectivity index (χ1) is 16.9. The van der Waals surface area contributed by atoms with Crippen LogP contribution in [0.1, 0.15) is 54.3 Å². The number of carbonyl (C=O) groups excluding carboxylic acids is 3. The number of amides is 4. The molecule has 4 amide bonds. The molecular weight excluding hydrogens is 456 g/mol. The van der Waals surface area contributed by atoms with E-state index in [0.717, 1.165) is 18.4 Å². The number of nitrogens with one attached hydrogen (secondary N) is 2. The summed E-state index contributed by atoms with van der Waals surface area (Å²) in [5, 5.41) is 12.3. The number of alkyl halides is 1. The van der Waals surface area contributed by atoms with Gasteiger partial charge in [-0.05, 0) is 41.5 Å². The minimum absolute atomic E-state index is 0.146. The zero-order valence-corrected chi connectivity index (χ0v) is 18.9. The average Bonchev–Trinajstić information content (AvgIpc) is 3.49. The first kappa shape index (κ1) is 23.1. The lowest BCUT2D eigenvalue weighted by atomic mass is 9.96. The Kier molecular flexibility index (Phi) is 6.27. The van der Waals surface area contributed by atoms with Gasteiger partial charge in [-0.2, -0.15) is 5.11 Å². The Balaban J connectivity index is 1.36.